The monoisotopic (exact) mass is 406 g/mol. The highest BCUT2D eigenvalue weighted by Gasteiger charge is 2.31. The first-order chi connectivity index (χ1) is 14.0. The number of carbonyl (C=O) groups excluding carboxylic acids is 2. The molecule has 2 aliphatic heterocycles. The number of likely N-dealkylation sites (N-methyl/N-ethyl adjacent to an activating group) is 1. The van der Waals surface area contributed by atoms with Crippen LogP contribution in [0.2, 0.25) is 0 Å². The molecule has 0 aliphatic carbocycles. The molecule has 0 bridgehead atoms. The van der Waals surface area contributed by atoms with Crippen LogP contribution in [0.3, 0.4) is 0 Å². The minimum Gasteiger partial charge on any atom is -0.379 e. The highest BCUT2D eigenvalue weighted by atomic mass is 16.5. The molecule has 1 aromatic heterocycles. The van der Waals surface area contributed by atoms with Crippen molar-refractivity contribution < 1.29 is 14.3 Å². The van der Waals surface area contributed by atoms with Crippen molar-refractivity contribution in [2.45, 2.75) is 46.2 Å². The molecule has 0 N–H and O–H groups in total. The van der Waals surface area contributed by atoms with E-state index in [9.17, 15) is 9.59 Å². The Morgan fingerprint density at radius 3 is 2.45 bits per heavy atom. The molecule has 29 heavy (non-hydrogen) atoms. The van der Waals surface area contributed by atoms with E-state index in [2.05, 4.69) is 22.1 Å². The minimum absolute atomic E-state index is 0.0168. The lowest BCUT2D eigenvalue weighted by Crippen LogP contribution is -2.49. The Hall–Kier alpha value is -2.00. The predicted octanol–water partition coefficient (Wildman–Crippen LogP) is 0.719. The van der Waals surface area contributed by atoms with E-state index in [1.54, 1.807) is 11.1 Å². The predicted molar refractivity (Wildman–Crippen MR) is 108 cm³/mol. The van der Waals surface area contributed by atoms with Crippen LogP contribution in [-0.4, -0.2) is 100 Å². The van der Waals surface area contributed by atoms with E-state index in [0.717, 1.165) is 52.2 Å². The summed E-state index contributed by atoms with van der Waals surface area (Å²) < 4.78 is 6.91. The molecule has 162 valence electrons. The summed E-state index contributed by atoms with van der Waals surface area (Å²) in [5.41, 5.74) is 0.317. The Morgan fingerprint density at radius 1 is 1.17 bits per heavy atom. The Labute approximate surface area is 173 Å². The molecule has 0 aromatic carbocycles. The zero-order valence-corrected chi connectivity index (χ0v) is 17.9. The van der Waals surface area contributed by atoms with Crippen LogP contribution < -0.4 is 0 Å². The first-order valence-electron chi connectivity index (χ1n) is 10.8. The molecule has 2 aliphatic rings. The Kier molecular flexibility index (Phi) is 7.60. The smallest absolute Gasteiger partial charge is 0.276 e. The summed E-state index contributed by atoms with van der Waals surface area (Å²) in [6.45, 7) is 12.7. The molecule has 0 spiro atoms. The molecule has 1 atom stereocenters. The Bertz CT molecular complexity index is 676. The highest BCUT2D eigenvalue weighted by Crippen LogP contribution is 2.25. The van der Waals surface area contributed by atoms with E-state index >= 15 is 0 Å². The van der Waals surface area contributed by atoms with Crippen molar-refractivity contribution in [3.05, 3.63) is 11.9 Å². The van der Waals surface area contributed by atoms with E-state index in [0.29, 0.717) is 30.7 Å². The summed E-state index contributed by atoms with van der Waals surface area (Å²) in [7, 11) is 0. The van der Waals surface area contributed by atoms with Crippen molar-refractivity contribution in [3.63, 3.8) is 0 Å². The number of rotatable bonds is 7. The molecule has 9 nitrogen and oxygen atoms in total. The van der Waals surface area contributed by atoms with Gasteiger partial charge in [0.05, 0.1) is 19.4 Å². The van der Waals surface area contributed by atoms with Crippen molar-refractivity contribution in [1.82, 2.24) is 29.7 Å². The third-order valence-corrected chi connectivity index (χ3v) is 6.30. The maximum atomic E-state index is 12.8. The number of amides is 2. The van der Waals surface area contributed by atoms with Gasteiger partial charge in [0.15, 0.2) is 5.69 Å². The van der Waals surface area contributed by atoms with Crippen molar-refractivity contribution in [2.75, 3.05) is 52.5 Å². The lowest BCUT2D eigenvalue weighted by atomic mass is 9.89. The molecule has 0 saturated carbocycles. The van der Waals surface area contributed by atoms with Gasteiger partial charge in [-0.2, -0.15) is 0 Å². The average molecular weight is 407 g/mol. The summed E-state index contributed by atoms with van der Waals surface area (Å²) in [6.07, 6.45) is 3.59. The second-order valence-electron chi connectivity index (χ2n) is 7.89. The molecular weight excluding hydrogens is 372 g/mol. The summed E-state index contributed by atoms with van der Waals surface area (Å²) in [5, 5.41) is 7.99. The normalized spacial score (nSPS) is 19.9. The van der Waals surface area contributed by atoms with Crippen molar-refractivity contribution in [3.8, 4) is 0 Å². The van der Waals surface area contributed by atoms with Gasteiger partial charge in [0.2, 0.25) is 5.91 Å². The van der Waals surface area contributed by atoms with Gasteiger partial charge < -0.3 is 14.5 Å². The van der Waals surface area contributed by atoms with Crippen LogP contribution in [0.25, 0.3) is 0 Å². The molecule has 3 heterocycles. The average Bonchev–Trinajstić information content (AvgIpc) is 3.22. The second-order valence-corrected chi connectivity index (χ2v) is 7.89. The number of likely N-dealkylation sites (tertiary alicyclic amines) is 1. The van der Waals surface area contributed by atoms with Crippen LogP contribution in [0.15, 0.2) is 6.20 Å². The van der Waals surface area contributed by atoms with E-state index in [-0.39, 0.29) is 18.4 Å². The van der Waals surface area contributed by atoms with Crippen molar-refractivity contribution in [1.29, 1.82) is 0 Å². The molecule has 2 amide bonds. The molecule has 1 aromatic rings. The zero-order chi connectivity index (χ0) is 20.8. The number of hydrogen-bond donors (Lipinski definition) is 0. The molecule has 2 fully saturated rings. The van der Waals surface area contributed by atoms with Crippen LogP contribution in [0.4, 0.5) is 0 Å². The number of morpholine rings is 1. The molecule has 2 saturated heterocycles. The summed E-state index contributed by atoms with van der Waals surface area (Å²) in [4.78, 5) is 31.1. The quantitative estimate of drug-likeness (QED) is 0.664. The minimum atomic E-state index is -0.0935. The summed E-state index contributed by atoms with van der Waals surface area (Å²) in [6, 6.07) is 0.517. The number of nitrogens with zero attached hydrogens (tertiary/aromatic N) is 6. The van der Waals surface area contributed by atoms with Gasteiger partial charge in [-0.3, -0.25) is 14.5 Å². The van der Waals surface area contributed by atoms with Crippen molar-refractivity contribution in [2.24, 2.45) is 5.92 Å². The topological polar surface area (TPSA) is 83.8 Å². The van der Waals surface area contributed by atoms with E-state index < -0.39 is 0 Å². The van der Waals surface area contributed by atoms with Crippen LogP contribution >= 0.6 is 0 Å². The first-order valence-corrected chi connectivity index (χ1v) is 10.8. The van der Waals surface area contributed by atoms with E-state index in [1.807, 2.05) is 18.7 Å². The molecule has 9 heteroatoms. The first kappa shape index (κ1) is 21.7. The van der Waals surface area contributed by atoms with Crippen LogP contribution in [0.5, 0.6) is 0 Å². The number of ether oxygens (including phenoxy) is 1. The van der Waals surface area contributed by atoms with Crippen LogP contribution in [0, 0.1) is 5.92 Å². The van der Waals surface area contributed by atoms with Gasteiger partial charge in [-0.05, 0) is 39.5 Å². The maximum absolute atomic E-state index is 12.8. The summed E-state index contributed by atoms with van der Waals surface area (Å²) in [5.74, 6) is 0.486. The zero-order valence-electron chi connectivity index (χ0n) is 17.9. The fourth-order valence-corrected chi connectivity index (χ4v) is 4.32. The largest absolute Gasteiger partial charge is 0.379 e. The molecular formula is C20H34N6O3. The third-order valence-electron chi connectivity index (χ3n) is 6.30. The fraction of sp³-hybridized carbons (Fsp3) is 0.800. The van der Waals surface area contributed by atoms with Gasteiger partial charge in [0.25, 0.3) is 5.91 Å². The van der Waals surface area contributed by atoms with E-state index in [1.165, 1.54) is 4.68 Å². The fourth-order valence-electron chi connectivity index (χ4n) is 4.32. The van der Waals surface area contributed by atoms with Crippen LogP contribution in [-0.2, 0) is 16.1 Å². The van der Waals surface area contributed by atoms with Gasteiger partial charge in [0.1, 0.15) is 6.54 Å². The Balaban J connectivity index is 1.50. The highest BCUT2D eigenvalue weighted by molar-refractivity contribution is 5.92. The molecule has 0 unspecified atom stereocenters. The third kappa shape index (κ3) is 5.33. The van der Waals surface area contributed by atoms with Gasteiger partial charge in [-0.15, -0.1) is 5.10 Å². The van der Waals surface area contributed by atoms with Crippen LogP contribution in [0.1, 0.15) is 44.1 Å². The maximum Gasteiger partial charge on any atom is 0.276 e. The number of hydrogen-bond acceptors (Lipinski definition) is 6. The van der Waals surface area contributed by atoms with E-state index in [4.69, 9.17) is 4.74 Å². The van der Waals surface area contributed by atoms with Gasteiger partial charge in [0, 0.05) is 45.3 Å². The standard InChI is InChI=1S/C20H34N6O3/c1-4-23(5-2)19(27)15-26-14-18(21-22-26)20(28)25-8-6-17(7-9-25)16(3)24-10-12-29-13-11-24/h14,16-17H,4-13,15H2,1-3H3/t16-/m1/s1. The lowest BCUT2D eigenvalue weighted by molar-refractivity contribution is -0.131. The van der Waals surface area contributed by atoms with Crippen molar-refractivity contribution >= 4 is 11.8 Å². The molecule has 3 rings (SSSR count). The SMILES string of the molecule is CCN(CC)C(=O)Cn1cc(C(=O)N2CCC([C@@H](C)N3CCOCC3)CC2)nn1. The number of piperidine rings is 1. The second kappa shape index (κ2) is 10.2. The summed E-state index contributed by atoms with van der Waals surface area (Å²) >= 11 is 0. The Morgan fingerprint density at radius 2 is 1.83 bits per heavy atom. The van der Waals surface area contributed by atoms with Gasteiger partial charge in [-0.1, -0.05) is 5.21 Å². The van der Waals surface area contributed by atoms with Gasteiger partial charge in [-0.25, -0.2) is 4.68 Å². The number of aromatic nitrogens is 3. The lowest BCUT2D eigenvalue weighted by Gasteiger charge is -2.40. The number of carbonyl (C=O) groups is 2. The molecule has 0 radical (unpaired) electrons. The van der Waals surface area contributed by atoms with Gasteiger partial charge >= 0.3 is 0 Å².